The van der Waals surface area contributed by atoms with Gasteiger partial charge in [0.05, 0.1) is 14.2 Å². The van der Waals surface area contributed by atoms with Gasteiger partial charge in [-0.25, -0.2) is 4.79 Å². The molecule has 0 saturated heterocycles. The molecule has 4 nitrogen and oxygen atoms in total. The third-order valence-corrected chi connectivity index (χ3v) is 2.16. The summed E-state index contributed by atoms with van der Waals surface area (Å²) in [5, 5.41) is 0. The van der Waals surface area contributed by atoms with Crippen LogP contribution in [0.5, 0.6) is 11.5 Å². The van der Waals surface area contributed by atoms with Crippen LogP contribution in [-0.4, -0.2) is 26.8 Å². The number of carbonyl (C=O) groups excluding carboxylic acids is 1. The van der Waals surface area contributed by atoms with Crippen molar-refractivity contribution in [3.63, 3.8) is 0 Å². The second kappa shape index (κ2) is 7.17. The summed E-state index contributed by atoms with van der Waals surface area (Å²) < 4.78 is 15.1. The fourth-order valence-corrected chi connectivity index (χ4v) is 1.29. The number of ether oxygens (including phenoxy) is 3. The Labute approximate surface area is 106 Å². The van der Waals surface area contributed by atoms with Crippen molar-refractivity contribution in [1.29, 1.82) is 0 Å². The van der Waals surface area contributed by atoms with Gasteiger partial charge in [0.15, 0.2) is 11.5 Å². The Morgan fingerprint density at radius 1 is 1.33 bits per heavy atom. The van der Waals surface area contributed by atoms with Crippen LogP contribution in [0, 0.1) is 0 Å². The minimum Gasteiger partial charge on any atom is -0.493 e. The van der Waals surface area contributed by atoms with Crippen LogP contribution in [0.4, 0.5) is 0 Å². The Hall–Kier alpha value is -2.23. The number of rotatable bonds is 6. The van der Waals surface area contributed by atoms with Crippen molar-refractivity contribution < 1.29 is 19.0 Å². The number of esters is 1. The van der Waals surface area contributed by atoms with Gasteiger partial charge in [-0.2, -0.15) is 0 Å². The maximum atomic E-state index is 11.0. The number of carbonyl (C=O) groups is 1. The van der Waals surface area contributed by atoms with Crippen LogP contribution in [0.2, 0.25) is 0 Å². The summed E-state index contributed by atoms with van der Waals surface area (Å²) in [5.74, 6) is 0.831. The first-order valence-corrected chi connectivity index (χ1v) is 5.39. The first-order chi connectivity index (χ1) is 8.71. The van der Waals surface area contributed by atoms with Crippen LogP contribution in [0.25, 0.3) is 6.08 Å². The molecule has 0 aliphatic carbocycles. The van der Waals surface area contributed by atoms with Gasteiger partial charge < -0.3 is 14.2 Å². The summed E-state index contributed by atoms with van der Waals surface area (Å²) in [5.41, 5.74) is 0.822. The maximum absolute atomic E-state index is 11.0. The Morgan fingerprint density at radius 2 is 2.11 bits per heavy atom. The maximum Gasteiger partial charge on any atom is 0.330 e. The minimum atomic E-state index is -0.402. The number of methoxy groups -OCH3 is 2. The summed E-state index contributed by atoms with van der Waals surface area (Å²) in [6.45, 7) is 3.99. The SMILES string of the molecule is C=CCOc1ccc(/C=C/C(=O)OC)cc1OC. The van der Waals surface area contributed by atoms with Gasteiger partial charge in [0.25, 0.3) is 0 Å². The predicted octanol–water partition coefficient (Wildman–Crippen LogP) is 2.45. The molecule has 0 unspecified atom stereocenters. The molecule has 0 fully saturated rings. The molecule has 18 heavy (non-hydrogen) atoms. The molecule has 0 aliphatic heterocycles. The molecule has 4 heteroatoms. The largest absolute Gasteiger partial charge is 0.493 e. The number of hydrogen-bond donors (Lipinski definition) is 0. The van der Waals surface area contributed by atoms with Crippen molar-refractivity contribution in [2.45, 2.75) is 0 Å². The Balaban J connectivity index is 2.87. The lowest BCUT2D eigenvalue weighted by Crippen LogP contribution is -1.96. The van der Waals surface area contributed by atoms with E-state index in [9.17, 15) is 4.79 Å². The van der Waals surface area contributed by atoms with E-state index in [1.165, 1.54) is 13.2 Å². The second-order valence-electron chi connectivity index (χ2n) is 3.37. The monoisotopic (exact) mass is 248 g/mol. The lowest BCUT2D eigenvalue weighted by Gasteiger charge is -2.09. The van der Waals surface area contributed by atoms with Gasteiger partial charge >= 0.3 is 5.97 Å². The molecule has 0 aliphatic rings. The van der Waals surface area contributed by atoms with E-state index in [1.807, 2.05) is 6.07 Å². The summed E-state index contributed by atoms with van der Waals surface area (Å²) in [7, 11) is 2.89. The average molecular weight is 248 g/mol. The highest BCUT2D eigenvalue weighted by atomic mass is 16.5. The van der Waals surface area contributed by atoms with Crippen LogP contribution in [0.3, 0.4) is 0 Å². The van der Waals surface area contributed by atoms with Gasteiger partial charge in [0.2, 0.25) is 0 Å². The van der Waals surface area contributed by atoms with E-state index in [4.69, 9.17) is 9.47 Å². The molecular weight excluding hydrogens is 232 g/mol. The first-order valence-electron chi connectivity index (χ1n) is 5.39. The smallest absolute Gasteiger partial charge is 0.330 e. The minimum absolute atomic E-state index is 0.402. The molecule has 0 spiro atoms. The fraction of sp³-hybridized carbons (Fsp3) is 0.214. The topological polar surface area (TPSA) is 44.8 Å². The fourth-order valence-electron chi connectivity index (χ4n) is 1.29. The van der Waals surface area contributed by atoms with E-state index in [-0.39, 0.29) is 0 Å². The molecule has 0 heterocycles. The standard InChI is InChI=1S/C14H16O4/c1-4-9-18-12-7-5-11(10-13(12)16-2)6-8-14(15)17-3/h4-8,10H,1,9H2,2-3H3/b8-6+. The molecule has 0 radical (unpaired) electrons. The summed E-state index contributed by atoms with van der Waals surface area (Å²) in [4.78, 5) is 11.0. The number of hydrogen-bond acceptors (Lipinski definition) is 4. The third kappa shape index (κ3) is 3.97. The van der Waals surface area contributed by atoms with Crippen LogP contribution in [0.15, 0.2) is 36.9 Å². The van der Waals surface area contributed by atoms with Crippen LogP contribution in [0.1, 0.15) is 5.56 Å². The molecule has 0 saturated carbocycles. The third-order valence-electron chi connectivity index (χ3n) is 2.16. The molecule has 1 aromatic rings. The highest BCUT2D eigenvalue weighted by Gasteiger charge is 2.04. The number of benzene rings is 1. The van der Waals surface area contributed by atoms with E-state index in [0.717, 1.165) is 5.56 Å². The van der Waals surface area contributed by atoms with Crippen molar-refractivity contribution in [1.82, 2.24) is 0 Å². The molecule has 0 N–H and O–H groups in total. The lowest BCUT2D eigenvalue weighted by molar-refractivity contribution is -0.134. The van der Waals surface area contributed by atoms with Crippen LogP contribution in [-0.2, 0) is 9.53 Å². The van der Waals surface area contributed by atoms with Gasteiger partial charge in [-0.3, -0.25) is 0 Å². The average Bonchev–Trinajstić information content (AvgIpc) is 2.42. The summed E-state index contributed by atoms with van der Waals surface area (Å²) in [6.07, 6.45) is 4.65. The molecule has 1 aromatic carbocycles. The van der Waals surface area contributed by atoms with Gasteiger partial charge in [0, 0.05) is 6.08 Å². The normalized spacial score (nSPS) is 10.1. The van der Waals surface area contributed by atoms with Crippen molar-refractivity contribution in [3.05, 3.63) is 42.5 Å². The van der Waals surface area contributed by atoms with Crippen molar-refractivity contribution in [3.8, 4) is 11.5 Å². The Bertz CT molecular complexity index is 449. The zero-order valence-corrected chi connectivity index (χ0v) is 10.5. The molecule has 0 amide bonds. The zero-order valence-electron chi connectivity index (χ0n) is 10.5. The molecular formula is C14H16O4. The molecule has 1 rings (SSSR count). The van der Waals surface area contributed by atoms with Gasteiger partial charge in [-0.1, -0.05) is 18.7 Å². The summed E-state index contributed by atoms with van der Waals surface area (Å²) >= 11 is 0. The Morgan fingerprint density at radius 3 is 2.72 bits per heavy atom. The van der Waals surface area contributed by atoms with Crippen LogP contribution >= 0.6 is 0 Å². The van der Waals surface area contributed by atoms with Crippen molar-refractivity contribution >= 4 is 12.0 Å². The van der Waals surface area contributed by atoms with Gasteiger partial charge in [-0.05, 0) is 23.8 Å². The second-order valence-corrected chi connectivity index (χ2v) is 3.37. The van der Waals surface area contributed by atoms with Crippen LogP contribution < -0.4 is 9.47 Å². The highest BCUT2D eigenvalue weighted by molar-refractivity contribution is 5.87. The van der Waals surface area contributed by atoms with E-state index in [2.05, 4.69) is 11.3 Å². The molecule has 0 atom stereocenters. The Kier molecular flexibility index (Phi) is 5.51. The zero-order chi connectivity index (χ0) is 13.4. The van der Waals surface area contributed by atoms with E-state index in [0.29, 0.717) is 18.1 Å². The summed E-state index contributed by atoms with van der Waals surface area (Å²) in [6, 6.07) is 5.37. The van der Waals surface area contributed by atoms with E-state index in [1.54, 1.807) is 31.4 Å². The highest BCUT2D eigenvalue weighted by Crippen LogP contribution is 2.28. The first kappa shape index (κ1) is 13.8. The molecule has 0 bridgehead atoms. The predicted molar refractivity (Wildman–Crippen MR) is 69.7 cm³/mol. The van der Waals surface area contributed by atoms with Gasteiger partial charge in [-0.15, -0.1) is 0 Å². The van der Waals surface area contributed by atoms with E-state index < -0.39 is 5.97 Å². The van der Waals surface area contributed by atoms with E-state index >= 15 is 0 Å². The quantitative estimate of drug-likeness (QED) is 0.440. The molecule has 0 aromatic heterocycles. The van der Waals surface area contributed by atoms with Gasteiger partial charge in [0.1, 0.15) is 6.61 Å². The lowest BCUT2D eigenvalue weighted by atomic mass is 10.2. The molecule has 96 valence electrons. The van der Waals surface area contributed by atoms with Crippen molar-refractivity contribution in [2.24, 2.45) is 0 Å². The van der Waals surface area contributed by atoms with Crippen molar-refractivity contribution in [2.75, 3.05) is 20.8 Å².